The summed E-state index contributed by atoms with van der Waals surface area (Å²) in [6, 6.07) is 19.0. The lowest BCUT2D eigenvalue weighted by atomic mass is 10.3. The van der Waals surface area contributed by atoms with Crippen LogP contribution in [0.5, 0.6) is 0 Å². The quantitative estimate of drug-likeness (QED) is 0.673. The molecule has 0 bridgehead atoms. The highest BCUT2D eigenvalue weighted by Crippen LogP contribution is 1.96. The first-order valence-corrected chi connectivity index (χ1v) is 5.81. The molecule has 0 aliphatic carbocycles. The molecule has 2 rings (SSSR count). The fourth-order valence-corrected chi connectivity index (χ4v) is 0.906. The molecule has 0 saturated carbocycles. The first-order valence-electron chi connectivity index (χ1n) is 5.81. The zero-order chi connectivity index (χ0) is 12.9. The van der Waals surface area contributed by atoms with E-state index in [1.54, 1.807) is 0 Å². The van der Waals surface area contributed by atoms with Crippen LogP contribution >= 0.6 is 0 Å². The van der Waals surface area contributed by atoms with E-state index >= 15 is 0 Å². The third-order valence-corrected chi connectivity index (χ3v) is 1.60. The van der Waals surface area contributed by atoms with Gasteiger partial charge in [0.05, 0.1) is 0 Å². The van der Waals surface area contributed by atoms with Gasteiger partial charge in [-0.2, -0.15) is 0 Å². The van der Waals surface area contributed by atoms with Crippen molar-refractivity contribution in [3.8, 4) is 0 Å². The molecule has 17 heavy (non-hydrogen) atoms. The topological polar surface area (TPSA) is 52.0 Å². The summed E-state index contributed by atoms with van der Waals surface area (Å²) in [4.78, 5) is 0. The van der Waals surface area contributed by atoms with Crippen molar-refractivity contribution < 1.29 is 0 Å². The van der Waals surface area contributed by atoms with Gasteiger partial charge < -0.3 is 11.5 Å². The molecule has 2 aromatic rings. The monoisotopic (exact) mass is 230 g/mol. The van der Waals surface area contributed by atoms with Crippen molar-refractivity contribution in [3.63, 3.8) is 0 Å². The van der Waals surface area contributed by atoms with Crippen LogP contribution in [0.1, 0.15) is 20.3 Å². The Morgan fingerprint density at radius 1 is 0.647 bits per heavy atom. The van der Waals surface area contributed by atoms with Gasteiger partial charge in [-0.3, -0.25) is 0 Å². The Hall–Kier alpha value is -1.96. The summed E-state index contributed by atoms with van der Waals surface area (Å²) in [5.74, 6) is 0. The molecule has 2 nitrogen and oxygen atoms in total. The summed E-state index contributed by atoms with van der Waals surface area (Å²) in [5.41, 5.74) is 12.4. The Morgan fingerprint density at radius 3 is 1.00 bits per heavy atom. The normalized spacial score (nSPS) is 8.12. The van der Waals surface area contributed by atoms with Crippen molar-refractivity contribution in [2.75, 3.05) is 11.5 Å². The van der Waals surface area contributed by atoms with Crippen LogP contribution in [-0.4, -0.2) is 0 Å². The molecule has 0 amide bonds. The average Bonchev–Trinajstić information content (AvgIpc) is 2.33. The molecular formula is C15H22N2. The molecule has 0 aliphatic heterocycles. The zero-order valence-electron chi connectivity index (χ0n) is 10.6. The molecule has 0 saturated heterocycles. The van der Waals surface area contributed by atoms with Gasteiger partial charge in [-0.05, 0) is 24.3 Å². The Bertz CT molecular complexity index is 320. The molecule has 2 heteroatoms. The minimum Gasteiger partial charge on any atom is -0.399 e. The maximum atomic E-state index is 5.36. The summed E-state index contributed by atoms with van der Waals surface area (Å²) >= 11 is 0. The maximum absolute atomic E-state index is 5.36. The predicted molar refractivity (Wildman–Crippen MR) is 77.7 cm³/mol. The number of nitrogens with two attached hydrogens (primary N) is 2. The number of benzene rings is 2. The molecule has 0 aliphatic rings. The van der Waals surface area contributed by atoms with Crippen molar-refractivity contribution in [2.45, 2.75) is 20.3 Å². The molecule has 92 valence electrons. The molecule has 0 heterocycles. The maximum Gasteiger partial charge on any atom is 0.0313 e. The third kappa shape index (κ3) is 10.3. The zero-order valence-corrected chi connectivity index (χ0v) is 10.6. The van der Waals surface area contributed by atoms with Crippen molar-refractivity contribution in [1.29, 1.82) is 0 Å². The van der Waals surface area contributed by atoms with E-state index in [1.807, 2.05) is 60.7 Å². The second kappa shape index (κ2) is 10.6. The highest BCUT2D eigenvalue weighted by molar-refractivity contribution is 5.36. The van der Waals surface area contributed by atoms with Crippen LogP contribution in [0.4, 0.5) is 11.4 Å². The van der Waals surface area contributed by atoms with Gasteiger partial charge in [0.25, 0.3) is 0 Å². The van der Waals surface area contributed by atoms with Gasteiger partial charge in [-0.25, -0.2) is 0 Å². The predicted octanol–water partition coefficient (Wildman–Crippen LogP) is 3.95. The minimum atomic E-state index is 0.822. The molecule has 0 unspecified atom stereocenters. The second-order valence-corrected chi connectivity index (χ2v) is 3.53. The Morgan fingerprint density at radius 2 is 0.882 bits per heavy atom. The minimum absolute atomic E-state index is 0.822. The molecule has 0 radical (unpaired) electrons. The number of hydrogen-bond acceptors (Lipinski definition) is 2. The van der Waals surface area contributed by atoms with Gasteiger partial charge in [-0.1, -0.05) is 56.7 Å². The summed E-state index contributed by atoms with van der Waals surface area (Å²) < 4.78 is 0. The highest BCUT2D eigenvalue weighted by Gasteiger charge is 1.72. The summed E-state index contributed by atoms with van der Waals surface area (Å²) in [6.07, 6.45) is 1.25. The van der Waals surface area contributed by atoms with Gasteiger partial charge in [0.1, 0.15) is 0 Å². The van der Waals surface area contributed by atoms with E-state index < -0.39 is 0 Å². The van der Waals surface area contributed by atoms with E-state index in [9.17, 15) is 0 Å². The van der Waals surface area contributed by atoms with E-state index in [-0.39, 0.29) is 0 Å². The molecule has 0 aromatic heterocycles. The van der Waals surface area contributed by atoms with Crippen LogP contribution < -0.4 is 11.5 Å². The van der Waals surface area contributed by atoms with Crippen LogP contribution in [0.15, 0.2) is 60.7 Å². The third-order valence-electron chi connectivity index (χ3n) is 1.60. The standard InChI is InChI=1S/2C6H7N.C3H8/c2*7-6-4-2-1-3-5-6;1-3-2/h2*1-5H,7H2;3H2,1-2H3. The van der Waals surface area contributed by atoms with E-state index in [0.717, 1.165) is 11.4 Å². The lowest BCUT2D eigenvalue weighted by molar-refractivity contribution is 1.09. The summed E-state index contributed by atoms with van der Waals surface area (Å²) in [7, 11) is 0. The largest absolute Gasteiger partial charge is 0.399 e. The van der Waals surface area contributed by atoms with E-state index in [1.165, 1.54) is 6.42 Å². The lowest BCUT2D eigenvalue weighted by Gasteiger charge is -1.83. The van der Waals surface area contributed by atoms with Gasteiger partial charge in [0, 0.05) is 11.4 Å². The van der Waals surface area contributed by atoms with Crippen LogP contribution in [0.3, 0.4) is 0 Å². The lowest BCUT2D eigenvalue weighted by Crippen LogP contribution is -1.79. The number of para-hydroxylation sites is 2. The average molecular weight is 230 g/mol. The summed E-state index contributed by atoms with van der Waals surface area (Å²) in [6.45, 7) is 4.25. The molecule has 0 atom stereocenters. The van der Waals surface area contributed by atoms with Crippen LogP contribution in [0.2, 0.25) is 0 Å². The molecule has 4 N–H and O–H groups in total. The molecular weight excluding hydrogens is 208 g/mol. The Balaban J connectivity index is 0.000000247. The van der Waals surface area contributed by atoms with Crippen LogP contribution in [0, 0.1) is 0 Å². The first-order chi connectivity index (χ1) is 8.20. The second-order valence-electron chi connectivity index (χ2n) is 3.53. The molecule has 0 spiro atoms. The fraction of sp³-hybridized carbons (Fsp3) is 0.200. The van der Waals surface area contributed by atoms with E-state index in [4.69, 9.17) is 11.5 Å². The van der Waals surface area contributed by atoms with Crippen LogP contribution in [-0.2, 0) is 0 Å². The molecule has 0 fully saturated rings. The number of anilines is 2. The van der Waals surface area contributed by atoms with E-state index in [2.05, 4.69) is 13.8 Å². The molecule has 2 aromatic carbocycles. The number of hydrogen-bond donors (Lipinski definition) is 2. The SMILES string of the molecule is CCC.Nc1ccccc1.Nc1ccccc1. The van der Waals surface area contributed by atoms with Crippen molar-refractivity contribution in [3.05, 3.63) is 60.7 Å². The summed E-state index contributed by atoms with van der Waals surface area (Å²) in [5, 5.41) is 0. The number of rotatable bonds is 0. The van der Waals surface area contributed by atoms with Crippen molar-refractivity contribution in [1.82, 2.24) is 0 Å². The Labute approximate surface area is 104 Å². The van der Waals surface area contributed by atoms with Gasteiger partial charge >= 0.3 is 0 Å². The van der Waals surface area contributed by atoms with E-state index in [0.29, 0.717) is 0 Å². The smallest absolute Gasteiger partial charge is 0.0313 e. The van der Waals surface area contributed by atoms with Gasteiger partial charge in [-0.15, -0.1) is 0 Å². The van der Waals surface area contributed by atoms with Crippen molar-refractivity contribution in [2.24, 2.45) is 0 Å². The van der Waals surface area contributed by atoms with Gasteiger partial charge in [0.15, 0.2) is 0 Å². The number of nitrogen functional groups attached to an aromatic ring is 2. The van der Waals surface area contributed by atoms with Crippen LogP contribution in [0.25, 0.3) is 0 Å². The highest BCUT2D eigenvalue weighted by atomic mass is 14.5. The van der Waals surface area contributed by atoms with Gasteiger partial charge in [0.2, 0.25) is 0 Å². The van der Waals surface area contributed by atoms with Crippen molar-refractivity contribution >= 4 is 11.4 Å². The fourth-order valence-electron chi connectivity index (χ4n) is 0.906. The first kappa shape index (κ1) is 15.0. The Kier molecular flexibility index (Phi) is 9.34.